The van der Waals surface area contributed by atoms with Crippen LogP contribution in [-0.2, 0) is 4.74 Å². The van der Waals surface area contributed by atoms with Gasteiger partial charge in [0.15, 0.2) is 5.11 Å². The maximum Gasteiger partial charge on any atom is 0.261 e. The van der Waals surface area contributed by atoms with Gasteiger partial charge in [-0.2, -0.15) is 0 Å². The maximum absolute atomic E-state index is 12.6. The number of anilines is 1. The van der Waals surface area contributed by atoms with Crippen molar-refractivity contribution in [2.24, 2.45) is 5.92 Å². The summed E-state index contributed by atoms with van der Waals surface area (Å²) in [5.74, 6) is 1.25. The Morgan fingerprint density at radius 1 is 1.07 bits per heavy atom. The van der Waals surface area contributed by atoms with E-state index in [-0.39, 0.29) is 11.0 Å². The Morgan fingerprint density at radius 3 is 2.61 bits per heavy atom. The molecule has 0 aliphatic rings. The molecule has 0 heterocycles. The first-order chi connectivity index (χ1) is 13.5. The van der Waals surface area contributed by atoms with Crippen LogP contribution in [0.1, 0.15) is 24.2 Å². The topological polar surface area (TPSA) is 68.8 Å². The summed E-state index contributed by atoms with van der Waals surface area (Å²) in [5, 5.41) is 5.87. The predicted octanol–water partition coefficient (Wildman–Crippen LogP) is 3.87. The van der Waals surface area contributed by atoms with Gasteiger partial charge in [-0.1, -0.05) is 32.0 Å². The van der Waals surface area contributed by atoms with Gasteiger partial charge in [0, 0.05) is 18.9 Å². The van der Waals surface area contributed by atoms with Gasteiger partial charge in [-0.05, 0) is 42.4 Å². The van der Waals surface area contributed by atoms with Crippen LogP contribution in [0.15, 0.2) is 48.5 Å². The van der Waals surface area contributed by atoms with Crippen molar-refractivity contribution in [3.05, 3.63) is 54.1 Å². The summed E-state index contributed by atoms with van der Waals surface area (Å²) in [6.45, 7) is 5.59. The summed E-state index contributed by atoms with van der Waals surface area (Å²) in [4.78, 5) is 12.6. The summed E-state index contributed by atoms with van der Waals surface area (Å²) in [5.41, 5.74) is 1.15. The molecule has 0 spiro atoms. The number of amides is 1. The van der Waals surface area contributed by atoms with Gasteiger partial charge in [-0.25, -0.2) is 0 Å². The average Bonchev–Trinajstić information content (AvgIpc) is 2.67. The van der Waals surface area contributed by atoms with Gasteiger partial charge >= 0.3 is 0 Å². The third kappa shape index (κ3) is 7.17. The third-order valence-corrected chi connectivity index (χ3v) is 3.78. The molecule has 6 nitrogen and oxygen atoms in total. The number of hydrogen-bond acceptors (Lipinski definition) is 5. The van der Waals surface area contributed by atoms with Crippen molar-refractivity contribution in [2.75, 3.05) is 32.2 Å². The van der Waals surface area contributed by atoms with Crippen LogP contribution in [0.2, 0.25) is 0 Å². The molecule has 28 heavy (non-hydrogen) atoms. The van der Waals surface area contributed by atoms with E-state index in [1.165, 1.54) is 0 Å². The molecular weight excluding hydrogens is 376 g/mol. The maximum atomic E-state index is 12.6. The number of carbonyl (C=O) groups is 1. The molecule has 0 saturated carbocycles. The van der Waals surface area contributed by atoms with Crippen LogP contribution >= 0.6 is 12.2 Å². The molecule has 1 amide bonds. The fraction of sp³-hybridized carbons (Fsp3) is 0.333. The molecule has 150 valence electrons. The zero-order chi connectivity index (χ0) is 20.4. The molecule has 0 atom stereocenters. The van der Waals surface area contributed by atoms with E-state index in [9.17, 15) is 4.79 Å². The van der Waals surface area contributed by atoms with Crippen molar-refractivity contribution < 1.29 is 19.0 Å². The Hall–Kier alpha value is -2.64. The zero-order valence-corrected chi connectivity index (χ0v) is 17.2. The normalized spacial score (nSPS) is 10.4. The summed E-state index contributed by atoms with van der Waals surface area (Å²) >= 11 is 5.27. The van der Waals surface area contributed by atoms with Gasteiger partial charge in [0.05, 0.1) is 18.8 Å². The highest BCUT2D eigenvalue weighted by Gasteiger charge is 2.14. The smallest absolute Gasteiger partial charge is 0.261 e. The van der Waals surface area contributed by atoms with Crippen LogP contribution in [0.5, 0.6) is 11.5 Å². The van der Waals surface area contributed by atoms with E-state index in [1.807, 2.05) is 24.3 Å². The number of methoxy groups -OCH3 is 1. The van der Waals surface area contributed by atoms with Crippen molar-refractivity contribution in [3.63, 3.8) is 0 Å². The van der Waals surface area contributed by atoms with E-state index in [0.29, 0.717) is 48.5 Å². The average molecular weight is 403 g/mol. The Balaban J connectivity index is 1.96. The monoisotopic (exact) mass is 402 g/mol. The lowest BCUT2D eigenvalue weighted by atomic mass is 10.2. The SMILES string of the molecule is COCCOc1cccc(NC(=S)NC(=O)c2ccccc2OCC(C)C)c1. The standard InChI is InChI=1S/C21H26N2O4S/c1-15(2)14-27-19-10-5-4-9-18(19)20(24)23-21(28)22-16-7-6-8-17(13-16)26-12-11-25-3/h4-10,13,15H,11-12,14H2,1-3H3,(H2,22,23,24,28). The van der Waals surface area contributed by atoms with Gasteiger partial charge < -0.3 is 19.5 Å². The molecule has 0 saturated heterocycles. The summed E-state index contributed by atoms with van der Waals surface area (Å²) in [6, 6.07) is 14.4. The number of thiocarbonyl (C=S) groups is 1. The number of benzene rings is 2. The van der Waals surface area contributed by atoms with Crippen LogP contribution in [0.4, 0.5) is 5.69 Å². The molecule has 0 radical (unpaired) electrons. The number of para-hydroxylation sites is 1. The zero-order valence-electron chi connectivity index (χ0n) is 16.4. The summed E-state index contributed by atoms with van der Waals surface area (Å²) in [6.07, 6.45) is 0. The second-order valence-electron chi connectivity index (χ2n) is 6.48. The predicted molar refractivity (Wildman–Crippen MR) is 114 cm³/mol. The fourth-order valence-corrected chi connectivity index (χ4v) is 2.49. The van der Waals surface area contributed by atoms with Gasteiger partial charge in [-0.15, -0.1) is 0 Å². The highest BCUT2D eigenvalue weighted by Crippen LogP contribution is 2.19. The van der Waals surface area contributed by atoms with E-state index in [4.69, 9.17) is 26.4 Å². The number of ether oxygens (including phenoxy) is 3. The second kappa shape index (κ2) is 11.3. The van der Waals surface area contributed by atoms with Gasteiger partial charge in [0.1, 0.15) is 18.1 Å². The Morgan fingerprint density at radius 2 is 1.86 bits per heavy atom. The number of nitrogens with one attached hydrogen (secondary N) is 2. The van der Waals surface area contributed by atoms with Crippen molar-refractivity contribution in [1.82, 2.24) is 5.32 Å². The largest absolute Gasteiger partial charge is 0.492 e. The lowest BCUT2D eigenvalue weighted by Gasteiger charge is -2.14. The first-order valence-corrected chi connectivity index (χ1v) is 9.46. The number of rotatable bonds is 9. The molecule has 7 heteroatoms. The molecule has 2 aromatic rings. The second-order valence-corrected chi connectivity index (χ2v) is 6.89. The van der Waals surface area contributed by atoms with E-state index in [0.717, 1.165) is 0 Å². The highest BCUT2D eigenvalue weighted by molar-refractivity contribution is 7.80. The van der Waals surface area contributed by atoms with Gasteiger partial charge in [0.2, 0.25) is 0 Å². The lowest BCUT2D eigenvalue weighted by molar-refractivity contribution is 0.0973. The van der Waals surface area contributed by atoms with Crippen LogP contribution in [0.3, 0.4) is 0 Å². The van der Waals surface area contributed by atoms with Crippen molar-refractivity contribution in [3.8, 4) is 11.5 Å². The first kappa shape index (κ1) is 21.7. The van der Waals surface area contributed by atoms with Crippen LogP contribution < -0.4 is 20.1 Å². The molecule has 0 unspecified atom stereocenters. The van der Waals surface area contributed by atoms with Crippen LogP contribution in [-0.4, -0.2) is 38.0 Å². The molecular formula is C21H26N2O4S. The highest BCUT2D eigenvalue weighted by atomic mass is 32.1. The molecule has 2 N–H and O–H groups in total. The molecule has 0 bridgehead atoms. The lowest BCUT2D eigenvalue weighted by Crippen LogP contribution is -2.34. The minimum atomic E-state index is -0.329. The summed E-state index contributed by atoms with van der Waals surface area (Å²) in [7, 11) is 1.62. The Labute approximate surface area is 171 Å². The van der Waals surface area contributed by atoms with E-state index >= 15 is 0 Å². The molecule has 0 aromatic heterocycles. The molecule has 0 fully saturated rings. The molecule has 2 rings (SSSR count). The molecule has 2 aromatic carbocycles. The van der Waals surface area contributed by atoms with Crippen LogP contribution in [0, 0.1) is 5.92 Å². The van der Waals surface area contributed by atoms with Crippen LogP contribution in [0.25, 0.3) is 0 Å². The quantitative estimate of drug-likeness (QED) is 0.490. The summed E-state index contributed by atoms with van der Waals surface area (Å²) < 4.78 is 16.3. The molecule has 0 aliphatic heterocycles. The van der Waals surface area contributed by atoms with E-state index in [1.54, 1.807) is 31.4 Å². The number of carbonyl (C=O) groups excluding carboxylic acids is 1. The minimum Gasteiger partial charge on any atom is -0.492 e. The van der Waals surface area contributed by atoms with E-state index in [2.05, 4.69) is 24.5 Å². The third-order valence-electron chi connectivity index (χ3n) is 3.58. The van der Waals surface area contributed by atoms with Crippen molar-refractivity contribution in [1.29, 1.82) is 0 Å². The molecule has 0 aliphatic carbocycles. The number of hydrogen-bond donors (Lipinski definition) is 2. The van der Waals surface area contributed by atoms with Gasteiger partial charge in [-0.3, -0.25) is 10.1 Å². The Bertz CT molecular complexity index is 795. The van der Waals surface area contributed by atoms with E-state index < -0.39 is 0 Å². The van der Waals surface area contributed by atoms with Crippen molar-refractivity contribution >= 4 is 28.9 Å². The van der Waals surface area contributed by atoms with Crippen molar-refractivity contribution in [2.45, 2.75) is 13.8 Å². The fourth-order valence-electron chi connectivity index (χ4n) is 2.28. The Kier molecular flexibility index (Phi) is 8.71. The first-order valence-electron chi connectivity index (χ1n) is 9.05. The van der Waals surface area contributed by atoms with Gasteiger partial charge in [0.25, 0.3) is 5.91 Å². The minimum absolute atomic E-state index is 0.192.